The van der Waals surface area contributed by atoms with Crippen LogP contribution in [-0.4, -0.2) is 24.7 Å². The van der Waals surface area contributed by atoms with Crippen molar-refractivity contribution in [2.75, 3.05) is 7.11 Å². The number of methoxy groups -OCH3 is 1. The van der Waals surface area contributed by atoms with Crippen molar-refractivity contribution in [1.29, 1.82) is 0 Å². The van der Waals surface area contributed by atoms with Gasteiger partial charge < -0.3 is 19.5 Å². The van der Waals surface area contributed by atoms with Crippen molar-refractivity contribution in [3.8, 4) is 17.2 Å². The average Bonchev–Trinajstić information content (AvgIpc) is 2.64. The second kappa shape index (κ2) is 7.97. The molecule has 2 aromatic carbocycles. The topological polar surface area (TPSA) is 56.8 Å². The van der Waals surface area contributed by atoms with E-state index in [0.717, 1.165) is 39.5 Å². The first-order chi connectivity index (χ1) is 13.6. The molecule has 1 aliphatic heterocycles. The van der Waals surface area contributed by atoms with Gasteiger partial charge in [-0.3, -0.25) is 4.79 Å². The van der Waals surface area contributed by atoms with Crippen LogP contribution in [0.4, 0.5) is 0 Å². The summed E-state index contributed by atoms with van der Waals surface area (Å²) in [6, 6.07) is 9.60. The molecule has 0 radical (unpaired) electrons. The van der Waals surface area contributed by atoms with Gasteiger partial charge in [0, 0.05) is 12.0 Å². The van der Waals surface area contributed by atoms with Crippen molar-refractivity contribution >= 4 is 5.91 Å². The highest BCUT2D eigenvalue weighted by molar-refractivity contribution is 5.81. The van der Waals surface area contributed by atoms with Crippen LogP contribution in [0.1, 0.15) is 55.5 Å². The zero-order valence-electron chi connectivity index (χ0n) is 18.4. The Morgan fingerprint density at radius 2 is 1.93 bits per heavy atom. The Kier molecular flexibility index (Phi) is 5.78. The average molecular weight is 398 g/mol. The molecule has 29 heavy (non-hydrogen) atoms. The highest BCUT2D eigenvalue weighted by Gasteiger charge is 2.35. The summed E-state index contributed by atoms with van der Waals surface area (Å²) in [6.45, 7) is 11.9. The number of benzene rings is 2. The summed E-state index contributed by atoms with van der Waals surface area (Å²) in [5.41, 5.74) is 3.86. The van der Waals surface area contributed by atoms with Gasteiger partial charge in [-0.15, -0.1) is 0 Å². The monoisotopic (exact) mass is 397 g/mol. The molecule has 1 aliphatic rings. The van der Waals surface area contributed by atoms with Crippen LogP contribution in [-0.2, 0) is 4.79 Å². The number of aryl methyl sites for hydroxylation is 2. The summed E-state index contributed by atoms with van der Waals surface area (Å²) >= 11 is 0. The van der Waals surface area contributed by atoms with Crippen LogP contribution in [0.15, 0.2) is 30.3 Å². The van der Waals surface area contributed by atoms with Gasteiger partial charge in [0.15, 0.2) is 6.10 Å². The molecular formula is C24H31NO4. The minimum Gasteiger partial charge on any atom is -0.497 e. The molecule has 2 atom stereocenters. The molecule has 0 saturated heterocycles. The maximum absolute atomic E-state index is 13.0. The number of nitrogens with one attached hydrogen (secondary N) is 1. The molecule has 1 heterocycles. The molecule has 3 rings (SSSR count). The molecule has 1 amide bonds. The zero-order valence-corrected chi connectivity index (χ0v) is 18.4. The number of carbonyl (C=O) groups is 1. The lowest BCUT2D eigenvalue weighted by atomic mass is 9.89. The minimum absolute atomic E-state index is 0.153. The van der Waals surface area contributed by atoms with Gasteiger partial charge in [-0.05, 0) is 82.5 Å². The lowest BCUT2D eigenvalue weighted by Crippen LogP contribution is -2.44. The Bertz CT molecular complexity index is 919. The number of ether oxygens (including phenoxy) is 3. The first-order valence-corrected chi connectivity index (χ1v) is 10.0. The smallest absolute Gasteiger partial charge is 0.261 e. The van der Waals surface area contributed by atoms with Gasteiger partial charge in [0.2, 0.25) is 0 Å². The second-order valence-corrected chi connectivity index (χ2v) is 8.50. The van der Waals surface area contributed by atoms with Crippen molar-refractivity contribution in [3.05, 3.63) is 52.6 Å². The Morgan fingerprint density at radius 1 is 1.21 bits per heavy atom. The maximum Gasteiger partial charge on any atom is 0.261 e. The van der Waals surface area contributed by atoms with E-state index in [2.05, 4.69) is 11.4 Å². The highest BCUT2D eigenvalue weighted by Crippen LogP contribution is 2.41. The molecule has 0 fully saturated rings. The number of carbonyl (C=O) groups excluding carboxylic acids is 1. The number of amides is 1. The normalized spacial score (nSPS) is 18.2. The molecule has 0 aliphatic carbocycles. The number of rotatable bonds is 5. The van der Waals surface area contributed by atoms with Crippen LogP contribution < -0.4 is 19.5 Å². The van der Waals surface area contributed by atoms with E-state index in [1.807, 2.05) is 58.9 Å². The molecule has 156 valence electrons. The summed E-state index contributed by atoms with van der Waals surface area (Å²) in [7, 11) is 1.63. The summed E-state index contributed by atoms with van der Waals surface area (Å²) < 4.78 is 17.5. The molecule has 0 aromatic heterocycles. The number of hydrogen-bond donors (Lipinski definition) is 1. The number of fused-ring (bicyclic) bond motifs is 1. The minimum atomic E-state index is -0.616. The van der Waals surface area contributed by atoms with E-state index in [4.69, 9.17) is 14.2 Å². The highest BCUT2D eigenvalue weighted by atomic mass is 16.5. The first-order valence-electron chi connectivity index (χ1n) is 10.0. The van der Waals surface area contributed by atoms with Gasteiger partial charge in [0.25, 0.3) is 5.91 Å². The third-order valence-corrected chi connectivity index (χ3v) is 5.43. The third-order valence-electron chi connectivity index (χ3n) is 5.43. The van der Waals surface area contributed by atoms with Gasteiger partial charge in [0.05, 0.1) is 13.2 Å². The Labute approximate surface area is 173 Å². The molecule has 5 nitrogen and oxygen atoms in total. The van der Waals surface area contributed by atoms with Crippen LogP contribution >= 0.6 is 0 Å². The largest absolute Gasteiger partial charge is 0.497 e. The Hall–Kier alpha value is -2.69. The standard InChI is InChI=1S/C24H31NO4/c1-14-10-15(2)16(3)22(11-14)28-17(4)23(26)25-20-13-24(5,6)29-21-9-8-18(27-7)12-19(20)21/h8-12,17,20H,13H2,1-7H3,(H,25,26)/t17-,20-/m0/s1. The van der Waals surface area contributed by atoms with E-state index in [1.54, 1.807) is 14.0 Å². The van der Waals surface area contributed by atoms with E-state index < -0.39 is 6.10 Å². The number of hydrogen-bond acceptors (Lipinski definition) is 4. The van der Waals surface area contributed by atoms with Gasteiger partial charge >= 0.3 is 0 Å². The van der Waals surface area contributed by atoms with Crippen molar-refractivity contribution in [2.45, 2.75) is 65.7 Å². The summed E-state index contributed by atoms with van der Waals surface area (Å²) in [5.74, 6) is 2.10. The summed E-state index contributed by atoms with van der Waals surface area (Å²) in [6.07, 6.45) is 0.0451. The molecule has 0 bridgehead atoms. The molecule has 0 spiro atoms. The van der Waals surface area contributed by atoms with Gasteiger partial charge in [-0.25, -0.2) is 0 Å². The van der Waals surface area contributed by atoms with Crippen molar-refractivity contribution in [1.82, 2.24) is 5.32 Å². The zero-order chi connectivity index (χ0) is 21.3. The van der Waals surface area contributed by atoms with Crippen LogP contribution in [0, 0.1) is 20.8 Å². The van der Waals surface area contributed by atoms with E-state index in [0.29, 0.717) is 6.42 Å². The second-order valence-electron chi connectivity index (χ2n) is 8.50. The van der Waals surface area contributed by atoms with Crippen molar-refractivity contribution in [3.63, 3.8) is 0 Å². The van der Waals surface area contributed by atoms with Crippen LogP contribution in [0.2, 0.25) is 0 Å². The molecule has 0 saturated carbocycles. The van der Waals surface area contributed by atoms with E-state index in [-0.39, 0.29) is 17.6 Å². The van der Waals surface area contributed by atoms with Crippen LogP contribution in [0.5, 0.6) is 17.2 Å². The Morgan fingerprint density at radius 3 is 2.62 bits per heavy atom. The van der Waals surface area contributed by atoms with Gasteiger partial charge in [-0.2, -0.15) is 0 Å². The fraction of sp³-hybridized carbons (Fsp3) is 0.458. The summed E-state index contributed by atoms with van der Waals surface area (Å²) in [5, 5.41) is 3.15. The first kappa shape index (κ1) is 21.0. The lowest BCUT2D eigenvalue weighted by molar-refractivity contribution is -0.128. The predicted molar refractivity (Wildman–Crippen MR) is 114 cm³/mol. The third kappa shape index (κ3) is 4.66. The molecule has 5 heteroatoms. The fourth-order valence-electron chi connectivity index (χ4n) is 3.74. The lowest BCUT2D eigenvalue weighted by Gasteiger charge is -2.38. The molecular weight excluding hydrogens is 366 g/mol. The van der Waals surface area contributed by atoms with E-state index in [1.165, 1.54) is 0 Å². The molecule has 2 aromatic rings. The van der Waals surface area contributed by atoms with E-state index in [9.17, 15) is 4.79 Å². The quantitative estimate of drug-likeness (QED) is 0.787. The molecule has 0 unspecified atom stereocenters. The van der Waals surface area contributed by atoms with E-state index >= 15 is 0 Å². The van der Waals surface area contributed by atoms with Crippen molar-refractivity contribution in [2.24, 2.45) is 0 Å². The van der Waals surface area contributed by atoms with Crippen molar-refractivity contribution < 1.29 is 19.0 Å². The van der Waals surface area contributed by atoms with Gasteiger partial charge in [-0.1, -0.05) is 6.07 Å². The fourth-order valence-corrected chi connectivity index (χ4v) is 3.74. The SMILES string of the molecule is COc1ccc2c(c1)[C@@H](NC(=O)[C@H](C)Oc1cc(C)cc(C)c1C)CC(C)(C)O2. The Balaban J connectivity index is 1.79. The molecule has 1 N–H and O–H groups in total. The van der Waals surface area contributed by atoms with Gasteiger partial charge in [0.1, 0.15) is 22.8 Å². The van der Waals surface area contributed by atoms with Crippen LogP contribution in [0.25, 0.3) is 0 Å². The summed E-state index contributed by atoms with van der Waals surface area (Å²) in [4.78, 5) is 13.0. The van der Waals surface area contributed by atoms with Crippen LogP contribution in [0.3, 0.4) is 0 Å². The maximum atomic E-state index is 13.0. The predicted octanol–water partition coefficient (Wildman–Crippen LogP) is 4.81.